The van der Waals surface area contributed by atoms with Gasteiger partial charge in [0.15, 0.2) is 0 Å². The number of aromatic nitrogens is 4. The minimum atomic E-state index is -0.707. The standard InChI is InChI=1S/C31H22Cl2N4O2.C29H21Cl2N3O3.C27H23Cl2N3O2/c1-34-29-28-20(14-24(22-7-2-3-8-23(22)28)18-10-11-25(32)26(33)15-18)17-36-30(29)37-31(38)39-13-12-19-16-35-27-9-5-4-6-21(19)27;1-32-27-26-19(15-33-28(27)34-29(35)37-16-18-7-3-6-10-25(18)36-2)13-22(20-8-4-5-9-21(20)26)17-11-12-23(30)24(31)14-17;1-30-25-24-18(14-31-26(25)32-27(33)34-15-16-6-2-3-7-16)12-21(19-8-4-5-9-20(19)24)17-10-11-22(28)23(29)13-17/h2-11,15-17,24,35H,12-14H2,(H,36,37,38);3-12,14-15,22H,13,16H2,2H3,(H,33,34,35);4-5,8-11,13-14,16,21H,2-3,6-7,12,15H2,(H,31,32,33). The lowest BCUT2D eigenvalue weighted by Gasteiger charge is -2.29. The van der Waals surface area contributed by atoms with Gasteiger partial charge in [-0.3, -0.25) is 30.9 Å². The van der Waals surface area contributed by atoms with Crippen molar-refractivity contribution in [3.8, 4) is 39.1 Å². The Kier molecular flexibility index (Phi) is 23.3. The quantitative estimate of drug-likeness (QED) is 0.0602. The van der Waals surface area contributed by atoms with Crippen molar-refractivity contribution in [2.75, 3.05) is 36.3 Å². The van der Waals surface area contributed by atoms with Gasteiger partial charge in [-0.05, 0) is 176 Å². The van der Waals surface area contributed by atoms with Crippen LogP contribution in [0.4, 0.5) is 48.9 Å². The fraction of sp³-hybridized carbons (Fsp3) is 0.184. The van der Waals surface area contributed by atoms with Gasteiger partial charge in [-0.25, -0.2) is 28.9 Å². The van der Waals surface area contributed by atoms with E-state index in [2.05, 4.69) is 62.6 Å². The van der Waals surface area contributed by atoms with Crippen molar-refractivity contribution >= 4 is 133 Å². The molecule has 4 aromatic heterocycles. The molecule has 0 aliphatic heterocycles. The molecule has 17 nitrogen and oxygen atoms in total. The van der Waals surface area contributed by atoms with Gasteiger partial charge < -0.3 is 23.9 Å². The first-order valence-corrected chi connectivity index (χ1v) is 37.6. The Hall–Kier alpha value is -11.4. The second-order valence-corrected chi connectivity index (χ2v) is 29.2. The Bertz CT molecular complexity index is 5710. The number of aromatic amines is 1. The second-order valence-electron chi connectivity index (χ2n) is 26.7. The van der Waals surface area contributed by atoms with E-state index in [9.17, 15) is 14.4 Å². The smallest absolute Gasteiger partial charge is 0.412 e. The van der Waals surface area contributed by atoms with Gasteiger partial charge >= 0.3 is 18.3 Å². The Balaban J connectivity index is 0.000000138. The Labute approximate surface area is 665 Å². The molecule has 3 unspecified atom stereocenters. The number of anilines is 3. The third kappa shape index (κ3) is 16.2. The van der Waals surface area contributed by atoms with Crippen LogP contribution in [0.1, 0.15) is 105 Å². The van der Waals surface area contributed by atoms with E-state index in [4.69, 9.17) is 108 Å². The number of nitrogens with zero attached hydrogens (tertiary/aromatic N) is 6. The number of carbonyl (C=O) groups is 3. The number of carbonyl (C=O) groups excluding carboxylic acids is 3. The monoisotopic (exact) mass is 1570 g/mol. The molecular formula is C87H66Cl6N10O7. The average molecular weight is 1580 g/mol. The summed E-state index contributed by atoms with van der Waals surface area (Å²) < 4.78 is 21.6. The summed E-state index contributed by atoms with van der Waals surface area (Å²) in [5.41, 5.74) is 18.0. The number of rotatable bonds is 14. The number of ether oxygens (including phenoxy) is 4. The maximum atomic E-state index is 12.7. The van der Waals surface area contributed by atoms with Crippen LogP contribution in [0.25, 0.3) is 58.8 Å². The molecule has 1 fully saturated rings. The largest absolute Gasteiger partial charge is 0.496 e. The Morgan fingerprint density at radius 2 is 0.873 bits per heavy atom. The third-order valence-corrected chi connectivity index (χ3v) is 22.5. The number of H-pyrrole nitrogens is 1. The summed E-state index contributed by atoms with van der Waals surface area (Å²) in [6, 6.07) is 56.2. The average Bonchev–Trinajstić information content (AvgIpc) is 0.771. The van der Waals surface area contributed by atoms with Gasteiger partial charge in [0.1, 0.15) is 29.8 Å². The molecule has 0 bridgehead atoms. The molecule has 548 valence electrons. The zero-order valence-corrected chi connectivity index (χ0v) is 63.5. The van der Waals surface area contributed by atoms with Crippen molar-refractivity contribution in [3.63, 3.8) is 0 Å². The van der Waals surface area contributed by atoms with Gasteiger partial charge in [-0.1, -0.05) is 210 Å². The molecular weight excluding hydrogens is 1510 g/mol. The first-order valence-electron chi connectivity index (χ1n) is 35.4. The number of nitrogens with one attached hydrogen (secondary N) is 4. The van der Waals surface area contributed by atoms with Crippen molar-refractivity contribution in [2.45, 2.75) is 75.7 Å². The number of methoxy groups -OCH3 is 1. The molecule has 110 heavy (non-hydrogen) atoms. The van der Waals surface area contributed by atoms with Gasteiger partial charge in [-0.2, -0.15) is 0 Å². The fourth-order valence-corrected chi connectivity index (χ4v) is 16.0. The summed E-state index contributed by atoms with van der Waals surface area (Å²) in [5.74, 6) is 1.71. The molecule has 0 spiro atoms. The molecule has 3 amide bonds. The molecule has 4 aliphatic carbocycles. The maximum absolute atomic E-state index is 12.7. The minimum absolute atomic E-state index is 0.0162. The molecule has 16 rings (SSSR count). The minimum Gasteiger partial charge on any atom is -0.496 e. The lowest BCUT2D eigenvalue weighted by molar-refractivity contribution is 0.141. The van der Waals surface area contributed by atoms with Crippen LogP contribution in [0.2, 0.25) is 30.1 Å². The highest BCUT2D eigenvalue weighted by Crippen LogP contribution is 2.53. The van der Waals surface area contributed by atoms with Gasteiger partial charge in [0.05, 0.1) is 70.2 Å². The number of hydrogen-bond donors (Lipinski definition) is 4. The van der Waals surface area contributed by atoms with Crippen LogP contribution in [0.3, 0.4) is 0 Å². The van der Waals surface area contributed by atoms with Crippen molar-refractivity contribution in [1.82, 2.24) is 19.9 Å². The predicted octanol–water partition coefficient (Wildman–Crippen LogP) is 24.7. The zero-order valence-electron chi connectivity index (χ0n) is 58.9. The zero-order chi connectivity index (χ0) is 76.5. The molecule has 4 heterocycles. The Morgan fingerprint density at radius 3 is 1.31 bits per heavy atom. The molecule has 0 radical (unpaired) electrons. The van der Waals surface area contributed by atoms with E-state index in [1.165, 1.54) is 12.8 Å². The van der Waals surface area contributed by atoms with E-state index >= 15 is 0 Å². The first kappa shape index (κ1) is 75.4. The molecule has 1 saturated carbocycles. The lowest BCUT2D eigenvalue weighted by Crippen LogP contribution is -2.19. The number of pyridine rings is 3. The highest BCUT2D eigenvalue weighted by Gasteiger charge is 2.34. The number of hydrogen-bond acceptors (Lipinski definition) is 10. The number of para-hydroxylation sites is 2. The molecule has 8 aromatic carbocycles. The SMILES string of the molecule is [C-]#[N+]c1c(NC(=O)OCC2CCCC2)ncc2c1-c1ccccc1C(c1ccc(Cl)c(Cl)c1)C2.[C-]#[N+]c1c(NC(=O)OCCc2c[nH]c3ccccc23)ncc2c1-c1ccccc1C(c1ccc(Cl)c(Cl)c1)C2.[C-]#[N+]c1c(NC(=O)OCc2ccccc2OC)ncc2c1-c1ccccc1C(c1ccc(Cl)c(Cl)c1)C2. The van der Waals surface area contributed by atoms with Gasteiger partial charge in [0.2, 0.25) is 17.1 Å². The molecule has 0 saturated heterocycles. The van der Waals surface area contributed by atoms with E-state index in [1.54, 1.807) is 43.9 Å². The van der Waals surface area contributed by atoms with E-state index < -0.39 is 18.3 Å². The molecule has 3 atom stereocenters. The number of halogens is 6. The molecule has 12 aromatic rings. The maximum Gasteiger partial charge on any atom is 0.412 e. The van der Waals surface area contributed by atoms with Crippen molar-refractivity contribution in [1.29, 1.82) is 0 Å². The summed E-state index contributed by atoms with van der Waals surface area (Å²) in [6.45, 7) is 24.3. The van der Waals surface area contributed by atoms with Gasteiger partial charge in [0, 0.05) is 65.4 Å². The number of benzene rings is 8. The summed E-state index contributed by atoms with van der Waals surface area (Å²) in [4.78, 5) is 65.6. The van der Waals surface area contributed by atoms with E-state index in [0.29, 0.717) is 85.5 Å². The van der Waals surface area contributed by atoms with Crippen LogP contribution < -0.4 is 20.7 Å². The van der Waals surface area contributed by atoms with Crippen LogP contribution in [0.15, 0.2) is 201 Å². The molecule has 23 heteroatoms. The van der Waals surface area contributed by atoms with Crippen molar-refractivity contribution < 1.29 is 33.3 Å². The van der Waals surface area contributed by atoms with Crippen molar-refractivity contribution in [2.24, 2.45) is 5.92 Å². The van der Waals surface area contributed by atoms with Gasteiger partial charge in [0.25, 0.3) is 0 Å². The second kappa shape index (κ2) is 34.0. The summed E-state index contributed by atoms with van der Waals surface area (Å²) >= 11 is 37.4. The highest BCUT2D eigenvalue weighted by atomic mass is 35.5. The summed E-state index contributed by atoms with van der Waals surface area (Å²) in [6.07, 6.45) is 12.2. The predicted molar refractivity (Wildman–Crippen MR) is 435 cm³/mol. The normalized spacial score (nSPS) is 14.7. The number of amides is 3. The highest BCUT2D eigenvalue weighted by molar-refractivity contribution is 6.43. The van der Waals surface area contributed by atoms with E-state index in [0.717, 1.165) is 118 Å². The van der Waals surface area contributed by atoms with E-state index in [1.807, 2.05) is 152 Å². The van der Waals surface area contributed by atoms with E-state index in [-0.39, 0.29) is 54.1 Å². The summed E-state index contributed by atoms with van der Waals surface area (Å²) in [5, 5.41) is 12.2. The third-order valence-electron chi connectivity index (χ3n) is 20.3. The van der Waals surface area contributed by atoms with Crippen molar-refractivity contribution in [3.05, 3.63) is 326 Å². The van der Waals surface area contributed by atoms with Crippen LogP contribution in [0.5, 0.6) is 5.75 Å². The topological polar surface area (TPSA) is 192 Å². The van der Waals surface area contributed by atoms with Crippen LogP contribution >= 0.6 is 69.6 Å². The summed E-state index contributed by atoms with van der Waals surface area (Å²) in [7, 11) is 1.56. The first-order chi connectivity index (χ1) is 53.6. The van der Waals surface area contributed by atoms with Gasteiger partial charge in [-0.15, -0.1) is 0 Å². The molecule has 4 aliphatic rings. The molecule has 4 N–H and O–H groups in total. The Morgan fingerprint density at radius 1 is 0.473 bits per heavy atom. The fourth-order valence-electron chi connectivity index (χ4n) is 15.1. The lowest BCUT2D eigenvalue weighted by atomic mass is 9.76. The van der Waals surface area contributed by atoms with Crippen LogP contribution in [-0.4, -0.2) is 58.5 Å². The van der Waals surface area contributed by atoms with Crippen LogP contribution in [0, 0.1) is 25.6 Å². The number of fused-ring (bicyclic) bond motifs is 10. The van der Waals surface area contributed by atoms with Crippen LogP contribution in [-0.2, 0) is 46.5 Å².